The van der Waals surface area contributed by atoms with Crippen molar-refractivity contribution in [3.8, 4) is 6.07 Å². The Morgan fingerprint density at radius 1 is 1.46 bits per heavy atom. The van der Waals surface area contributed by atoms with E-state index < -0.39 is 0 Å². The highest BCUT2D eigenvalue weighted by Gasteiger charge is 2.16. The van der Waals surface area contributed by atoms with Crippen molar-refractivity contribution in [2.24, 2.45) is 0 Å². The minimum atomic E-state index is 0.00738. The first kappa shape index (κ1) is 9.66. The van der Waals surface area contributed by atoms with Gasteiger partial charge in [0.15, 0.2) is 0 Å². The number of nitriles is 1. The fourth-order valence-corrected chi connectivity index (χ4v) is 1.27. The van der Waals surface area contributed by atoms with E-state index in [1.807, 2.05) is 19.3 Å². The van der Waals surface area contributed by atoms with Crippen molar-refractivity contribution in [1.82, 2.24) is 4.57 Å². The fourth-order valence-electron chi connectivity index (χ4n) is 1.27. The molecule has 0 aliphatic heterocycles. The van der Waals surface area contributed by atoms with Crippen LogP contribution in [0.2, 0.25) is 0 Å². The lowest BCUT2D eigenvalue weighted by Crippen LogP contribution is -2.22. The molecule has 1 N–H and O–H groups in total. The summed E-state index contributed by atoms with van der Waals surface area (Å²) in [6.45, 7) is 6.32. The molecule has 0 radical (unpaired) electrons. The topological polar surface area (TPSA) is 40.8 Å². The first-order valence-electron chi connectivity index (χ1n) is 4.30. The summed E-state index contributed by atoms with van der Waals surface area (Å²) in [5.74, 6) is 0.976. The van der Waals surface area contributed by atoms with Gasteiger partial charge < -0.3 is 9.88 Å². The van der Waals surface area contributed by atoms with Crippen LogP contribution >= 0.6 is 0 Å². The fraction of sp³-hybridized carbons (Fsp3) is 0.500. The Labute approximate surface area is 79.0 Å². The summed E-state index contributed by atoms with van der Waals surface area (Å²) in [5, 5.41) is 11.8. The average molecular weight is 177 g/mol. The highest BCUT2D eigenvalue weighted by atomic mass is 15.1. The number of nitrogens with zero attached hydrogens (tertiary/aromatic N) is 2. The SMILES string of the molecule is CNc1cc(C#N)cn1C(C)(C)C. The Balaban J connectivity index is 3.21. The maximum Gasteiger partial charge on any atom is 0.107 e. The van der Waals surface area contributed by atoms with Crippen LogP contribution in [-0.4, -0.2) is 11.6 Å². The summed E-state index contributed by atoms with van der Waals surface area (Å²) >= 11 is 0. The van der Waals surface area contributed by atoms with Crippen molar-refractivity contribution < 1.29 is 0 Å². The van der Waals surface area contributed by atoms with Gasteiger partial charge in [-0.2, -0.15) is 5.26 Å². The third-order valence-electron chi connectivity index (χ3n) is 1.93. The molecular weight excluding hydrogens is 162 g/mol. The summed E-state index contributed by atoms with van der Waals surface area (Å²) < 4.78 is 2.06. The van der Waals surface area contributed by atoms with Gasteiger partial charge >= 0.3 is 0 Å². The Hall–Kier alpha value is -1.43. The summed E-state index contributed by atoms with van der Waals surface area (Å²) in [6, 6.07) is 3.99. The van der Waals surface area contributed by atoms with Gasteiger partial charge in [-0.15, -0.1) is 0 Å². The molecule has 1 aromatic heterocycles. The van der Waals surface area contributed by atoms with E-state index in [9.17, 15) is 0 Å². The van der Waals surface area contributed by atoms with Crippen LogP contribution in [0.1, 0.15) is 26.3 Å². The van der Waals surface area contributed by atoms with Crippen molar-refractivity contribution >= 4 is 5.82 Å². The van der Waals surface area contributed by atoms with Gasteiger partial charge in [-0.1, -0.05) is 0 Å². The maximum atomic E-state index is 8.75. The molecule has 0 aliphatic carbocycles. The monoisotopic (exact) mass is 177 g/mol. The summed E-state index contributed by atoms with van der Waals surface area (Å²) in [7, 11) is 1.86. The second-order valence-corrected chi connectivity index (χ2v) is 4.02. The van der Waals surface area contributed by atoms with Crippen LogP contribution in [0.3, 0.4) is 0 Å². The van der Waals surface area contributed by atoms with E-state index >= 15 is 0 Å². The van der Waals surface area contributed by atoms with Gasteiger partial charge in [0.2, 0.25) is 0 Å². The van der Waals surface area contributed by atoms with Gasteiger partial charge in [0.1, 0.15) is 11.9 Å². The summed E-state index contributed by atoms with van der Waals surface area (Å²) in [4.78, 5) is 0. The van der Waals surface area contributed by atoms with Crippen LogP contribution < -0.4 is 5.32 Å². The van der Waals surface area contributed by atoms with E-state index in [4.69, 9.17) is 5.26 Å². The first-order chi connectivity index (χ1) is 5.99. The molecule has 70 valence electrons. The second-order valence-electron chi connectivity index (χ2n) is 4.02. The van der Waals surface area contributed by atoms with Crippen molar-refractivity contribution in [2.75, 3.05) is 12.4 Å². The zero-order chi connectivity index (χ0) is 10.1. The molecule has 0 unspecified atom stereocenters. The maximum absolute atomic E-state index is 8.75. The molecule has 0 bridgehead atoms. The van der Waals surface area contributed by atoms with E-state index in [0.29, 0.717) is 5.56 Å². The molecule has 0 aromatic carbocycles. The molecule has 0 amide bonds. The van der Waals surface area contributed by atoms with Gasteiger partial charge in [-0.25, -0.2) is 0 Å². The van der Waals surface area contributed by atoms with Crippen LogP contribution in [0, 0.1) is 11.3 Å². The lowest BCUT2D eigenvalue weighted by molar-refractivity contribution is 0.403. The summed E-state index contributed by atoms with van der Waals surface area (Å²) in [5.41, 5.74) is 0.701. The van der Waals surface area contributed by atoms with E-state index in [-0.39, 0.29) is 5.54 Å². The highest BCUT2D eigenvalue weighted by Crippen LogP contribution is 2.23. The molecule has 1 aromatic rings. The van der Waals surface area contributed by atoms with Gasteiger partial charge in [-0.05, 0) is 26.8 Å². The molecule has 3 heteroatoms. The van der Waals surface area contributed by atoms with Gasteiger partial charge in [0, 0.05) is 18.8 Å². The minimum Gasteiger partial charge on any atom is -0.374 e. The molecule has 0 saturated carbocycles. The van der Waals surface area contributed by atoms with Crippen LogP contribution in [0.5, 0.6) is 0 Å². The Bertz CT molecular complexity index is 336. The standard InChI is InChI=1S/C10H15N3/c1-10(2,3)13-7-8(6-11)5-9(13)12-4/h5,7,12H,1-4H3. The van der Waals surface area contributed by atoms with Crippen molar-refractivity contribution in [3.05, 3.63) is 17.8 Å². The lowest BCUT2D eigenvalue weighted by Gasteiger charge is -2.23. The second kappa shape index (κ2) is 3.14. The quantitative estimate of drug-likeness (QED) is 0.714. The largest absolute Gasteiger partial charge is 0.374 e. The van der Waals surface area contributed by atoms with Crippen molar-refractivity contribution in [3.63, 3.8) is 0 Å². The van der Waals surface area contributed by atoms with E-state index in [0.717, 1.165) is 5.82 Å². The molecule has 0 saturated heterocycles. The molecular formula is C10H15N3. The number of hydrogen-bond donors (Lipinski definition) is 1. The molecule has 1 heterocycles. The zero-order valence-corrected chi connectivity index (χ0v) is 8.55. The van der Waals surface area contributed by atoms with Gasteiger partial charge in [0.05, 0.1) is 5.56 Å². The van der Waals surface area contributed by atoms with E-state index in [1.54, 1.807) is 0 Å². The molecule has 0 spiro atoms. The predicted molar refractivity (Wildman–Crippen MR) is 53.7 cm³/mol. The van der Waals surface area contributed by atoms with Crippen LogP contribution in [0.4, 0.5) is 5.82 Å². The lowest BCUT2D eigenvalue weighted by atomic mass is 10.1. The Morgan fingerprint density at radius 3 is 2.38 bits per heavy atom. The highest BCUT2D eigenvalue weighted by molar-refractivity contribution is 5.46. The molecule has 0 atom stereocenters. The smallest absolute Gasteiger partial charge is 0.107 e. The number of hydrogen-bond acceptors (Lipinski definition) is 2. The Kier molecular flexibility index (Phi) is 2.33. The van der Waals surface area contributed by atoms with Crippen LogP contribution in [0.25, 0.3) is 0 Å². The number of aromatic nitrogens is 1. The third kappa shape index (κ3) is 1.83. The number of rotatable bonds is 1. The van der Waals surface area contributed by atoms with E-state index in [1.165, 1.54) is 0 Å². The van der Waals surface area contributed by atoms with Crippen LogP contribution in [0.15, 0.2) is 12.3 Å². The molecule has 13 heavy (non-hydrogen) atoms. The number of nitrogens with one attached hydrogen (secondary N) is 1. The average Bonchev–Trinajstić information content (AvgIpc) is 2.46. The van der Waals surface area contributed by atoms with E-state index in [2.05, 4.69) is 36.7 Å². The molecule has 1 rings (SSSR count). The minimum absolute atomic E-state index is 0.00738. The molecule has 0 aliphatic rings. The Morgan fingerprint density at radius 2 is 2.08 bits per heavy atom. The third-order valence-corrected chi connectivity index (χ3v) is 1.93. The number of anilines is 1. The molecule has 0 fully saturated rings. The van der Waals surface area contributed by atoms with Crippen LogP contribution in [-0.2, 0) is 5.54 Å². The first-order valence-corrected chi connectivity index (χ1v) is 4.30. The predicted octanol–water partition coefficient (Wildman–Crippen LogP) is 2.16. The van der Waals surface area contributed by atoms with Crippen molar-refractivity contribution in [1.29, 1.82) is 5.26 Å². The normalized spacial score (nSPS) is 11.0. The summed E-state index contributed by atoms with van der Waals surface area (Å²) in [6.07, 6.45) is 1.87. The van der Waals surface area contributed by atoms with Crippen molar-refractivity contribution in [2.45, 2.75) is 26.3 Å². The van der Waals surface area contributed by atoms with Gasteiger partial charge in [-0.3, -0.25) is 0 Å². The van der Waals surface area contributed by atoms with Gasteiger partial charge in [0.25, 0.3) is 0 Å². The zero-order valence-electron chi connectivity index (χ0n) is 8.55. The molecule has 3 nitrogen and oxygen atoms in total.